The molecule has 2 fully saturated rings. The molecule has 1 aromatic heterocycles. The van der Waals surface area contributed by atoms with Crippen LogP contribution in [-0.2, 0) is 11.3 Å². The normalized spacial score (nSPS) is 20.0. The van der Waals surface area contributed by atoms with E-state index in [2.05, 4.69) is 9.97 Å². The third-order valence-corrected chi connectivity index (χ3v) is 7.18. The minimum Gasteiger partial charge on any atom is -0.490 e. The number of nitrogens with zero attached hydrogens (tertiary/aromatic N) is 4. The van der Waals surface area contributed by atoms with Gasteiger partial charge in [0.2, 0.25) is 5.95 Å². The minimum atomic E-state index is -0.488. The Labute approximate surface area is 220 Å². The number of piperidine rings is 1. The molecule has 1 amide bonds. The number of hydrogen-bond donors (Lipinski definition) is 1. The second-order valence-corrected chi connectivity index (χ2v) is 9.84. The van der Waals surface area contributed by atoms with Gasteiger partial charge >= 0.3 is 6.09 Å². The Morgan fingerprint density at radius 3 is 2.50 bits per heavy atom. The van der Waals surface area contributed by atoms with Crippen molar-refractivity contribution in [3.05, 3.63) is 83.7 Å². The molecular formula is C28H31F2N5O3. The zero-order chi connectivity index (χ0) is 26.5. The van der Waals surface area contributed by atoms with Gasteiger partial charge in [-0.25, -0.2) is 23.5 Å². The van der Waals surface area contributed by atoms with Crippen molar-refractivity contribution in [2.24, 2.45) is 11.7 Å². The average Bonchev–Trinajstić information content (AvgIpc) is 3.34. The number of benzene rings is 2. The minimum absolute atomic E-state index is 0.268. The number of nitrogens with two attached hydrogens (primary N) is 1. The fourth-order valence-electron chi connectivity index (χ4n) is 4.97. The zero-order valence-corrected chi connectivity index (χ0v) is 21.0. The van der Waals surface area contributed by atoms with Crippen molar-refractivity contribution in [3.63, 3.8) is 0 Å². The Morgan fingerprint density at radius 2 is 1.76 bits per heavy atom. The highest BCUT2D eigenvalue weighted by molar-refractivity contribution is 5.67. The summed E-state index contributed by atoms with van der Waals surface area (Å²) in [6.07, 6.45) is 4.58. The van der Waals surface area contributed by atoms with Gasteiger partial charge in [-0.15, -0.1) is 0 Å². The van der Waals surface area contributed by atoms with Crippen LogP contribution in [0.25, 0.3) is 0 Å². The number of carbonyl (C=O) groups excluding carboxylic acids is 1. The van der Waals surface area contributed by atoms with Crippen molar-refractivity contribution >= 4 is 12.0 Å². The average molecular weight is 524 g/mol. The van der Waals surface area contributed by atoms with Gasteiger partial charge in [-0.3, -0.25) is 0 Å². The van der Waals surface area contributed by atoms with Crippen molar-refractivity contribution in [2.75, 3.05) is 37.7 Å². The third-order valence-electron chi connectivity index (χ3n) is 7.18. The first-order chi connectivity index (χ1) is 18.5. The summed E-state index contributed by atoms with van der Waals surface area (Å²) < 4.78 is 39.3. The van der Waals surface area contributed by atoms with Crippen molar-refractivity contribution in [2.45, 2.75) is 31.4 Å². The van der Waals surface area contributed by atoms with Crippen LogP contribution in [0.2, 0.25) is 0 Å². The van der Waals surface area contributed by atoms with E-state index in [1.807, 2.05) is 35.2 Å². The highest BCUT2D eigenvalue weighted by Gasteiger charge is 2.34. The molecule has 2 aromatic carbocycles. The van der Waals surface area contributed by atoms with E-state index < -0.39 is 11.6 Å². The van der Waals surface area contributed by atoms with Gasteiger partial charge in [0.15, 0.2) is 5.75 Å². The summed E-state index contributed by atoms with van der Waals surface area (Å²) >= 11 is 0. The van der Waals surface area contributed by atoms with Crippen LogP contribution >= 0.6 is 0 Å². The van der Waals surface area contributed by atoms with Crippen LogP contribution in [-0.4, -0.2) is 59.8 Å². The molecule has 2 atom stereocenters. The van der Waals surface area contributed by atoms with E-state index in [0.717, 1.165) is 30.5 Å². The van der Waals surface area contributed by atoms with E-state index in [4.69, 9.17) is 15.2 Å². The SMILES string of the molecule is NC1CN(c2ncc(OCC3CCN(C(=O)OCc4ccccc4)CC3)cn2)CC1c1cc(F)ccc1F. The van der Waals surface area contributed by atoms with Gasteiger partial charge in [-0.1, -0.05) is 30.3 Å². The Hall–Kier alpha value is -3.79. The van der Waals surface area contributed by atoms with Crippen LogP contribution in [0.3, 0.4) is 0 Å². The molecule has 0 saturated carbocycles. The predicted octanol–water partition coefficient (Wildman–Crippen LogP) is 4.11. The lowest BCUT2D eigenvalue weighted by Crippen LogP contribution is -2.40. The number of amides is 1. The number of halogens is 2. The monoisotopic (exact) mass is 523 g/mol. The third kappa shape index (κ3) is 6.19. The van der Waals surface area contributed by atoms with Crippen LogP contribution in [0.15, 0.2) is 60.9 Å². The van der Waals surface area contributed by atoms with E-state index in [9.17, 15) is 13.6 Å². The van der Waals surface area contributed by atoms with Crippen LogP contribution in [0.4, 0.5) is 19.5 Å². The van der Waals surface area contributed by atoms with Gasteiger partial charge in [0.1, 0.15) is 18.2 Å². The van der Waals surface area contributed by atoms with Crippen molar-refractivity contribution in [1.29, 1.82) is 0 Å². The smallest absolute Gasteiger partial charge is 0.410 e. The molecule has 38 heavy (non-hydrogen) atoms. The van der Waals surface area contributed by atoms with E-state index in [1.165, 1.54) is 6.07 Å². The van der Waals surface area contributed by atoms with E-state index in [1.54, 1.807) is 17.3 Å². The summed E-state index contributed by atoms with van der Waals surface area (Å²) in [5, 5.41) is 0. The van der Waals surface area contributed by atoms with Gasteiger partial charge in [0.25, 0.3) is 0 Å². The highest BCUT2D eigenvalue weighted by atomic mass is 19.1. The fourth-order valence-corrected chi connectivity index (χ4v) is 4.97. The first-order valence-electron chi connectivity index (χ1n) is 12.8. The lowest BCUT2D eigenvalue weighted by Gasteiger charge is -2.31. The number of rotatable bonds is 7. The van der Waals surface area contributed by atoms with Crippen molar-refractivity contribution in [3.8, 4) is 5.75 Å². The lowest BCUT2D eigenvalue weighted by atomic mass is 9.94. The van der Waals surface area contributed by atoms with Crippen molar-refractivity contribution < 1.29 is 23.0 Å². The fraction of sp³-hybridized carbons (Fsp3) is 0.393. The van der Waals surface area contributed by atoms with E-state index in [0.29, 0.717) is 50.4 Å². The summed E-state index contributed by atoms with van der Waals surface area (Å²) in [7, 11) is 0. The van der Waals surface area contributed by atoms with Crippen LogP contribution < -0.4 is 15.4 Å². The van der Waals surface area contributed by atoms with Crippen LogP contribution in [0, 0.1) is 17.6 Å². The number of likely N-dealkylation sites (tertiary alicyclic amines) is 1. The van der Waals surface area contributed by atoms with Crippen LogP contribution in [0.5, 0.6) is 5.75 Å². The highest BCUT2D eigenvalue weighted by Crippen LogP contribution is 2.31. The molecule has 3 aromatic rings. The Morgan fingerprint density at radius 1 is 1.03 bits per heavy atom. The molecular weight excluding hydrogens is 492 g/mol. The number of ether oxygens (including phenoxy) is 2. The Bertz CT molecular complexity index is 1220. The van der Waals surface area contributed by atoms with Crippen LogP contribution in [0.1, 0.15) is 29.9 Å². The Balaban J connectivity index is 1.06. The molecule has 0 spiro atoms. The number of anilines is 1. The molecule has 2 aliphatic rings. The molecule has 5 rings (SSSR count). The molecule has 200 valence electrons. The number of carbonyl (C=O) groups is 1. The van der Waals surface area contributed by atoms with Crippen molar-refractivity contribution in [1.82, 2.24) is 14.9 Å². The molecule has 3 heterocycles. The van der Waals surface area contributed by atoms with Gasteiger partial charge in [0.05, 0.1) is 19.0 Å². The van der Waals surface area contributed by atoms with Gasteiger partial charge in [-0.05, 0) is 48.1 Å². The largest absolute Gasteiger partial charge is 0.490 e. The molecule has 2 N–H and O–H groups in total. The molecule has 2 aliphatic heterocycles. The van der Waals surface area contributed by atoms with Gasteiger partial charge in [0, 0.05) is 38.1 Å². The molecule has 8 nitrogen and oxygen atoms in total. The lowest BCUT2D eigenvalue weighted by molar-refractivity contribution is 0.0760. The Kier molecular flexibility index (Phi) is 7.97. The number of hydrogen-bond acceptors (Lipinski definition) is 7. The maximum atomic E-state index is 14.3. The summed E-state index contributed by atoms with van der Waals surface area (Å²) in [6.45, 7) is 2.86. The maximum Gasteiger partial charge on any atom is 0.410 e. The first-order valence-corrected chi connectivity index (χ1v) is 12.8. The molecule has 10 heteroatoms. The second kappa shape index (κ2) is 11.7. The quantitative estimate of drug-likeness (QED) is 0.498. The molecule has 2 unspecified atom stereocenters. The molecule has 0 aliphatic carbocycles. The van der Waals surface area contributed by atoms with Gasteiger partial charge in [-0.2, -0.15) is 0 Å². The van der Waals surface area contributed by atoms with Gasteiger partial charge < -0.3 is 25.0 Å². The maximum absolute atomic E-state index is 14.3. The second-order valence-electron chi connectivity index (χ2n) is 9.84. The molecule has 0 bridgehead atoms. The topological polar surface area (TPSA) is 93.8 Å². The standard InChI is InChI=1S/C28H31F2N5O3/c29-21-6-7-25(30)23(12-21)24-15-35(16-26(24)31)27-32-13-22(14-33-27)37-17-20-8-10-34(11-9-20)28(36)38-18-19-4-2-1-3-5-19/h1-7,12-14,20,24,26H,8-11,15-18,31H2. The zero-order valence-electron chi connectivity index (χ0n) is 21.0. The predicted molar refractivity (Wildman–Crippen MR) is 138 cm³/mol. The van der Waals surface area contributed by atoms with E-state index in [-0.39, 0.29) is 30.2 Å². The first kappa shape index (κ1) is 25.8. The summed E-state index contributed by atoms with van der Waals surface area (Å²) in [4.78, 5) is 24.8. The van der Waals surface area contributed by atoms with E-state index >= 15 is 0 Å². The molecule has 2 saturated heterocycles. The summed E-state index contributed by atoms with van der Waals surface area (Å²) in [5.41, 5.74) is 7.48. The number of aromatic nitrogens is 2. The molecule has 0 radical (unpaired) electrons. The summed E-state index contributed by atoms with van der Waals surface area (Å²) in [6, 6.07) is 12.7. The summed E-state index contributed by atoms with van der Waals surface area (Å²) in [5.74, 6) is 0.0221.